The summed E-state index contributed by atoms with van der Waals surface area (Å²) in [6, 6.07) is 20.7. The van der Waals surface area contributed by atoms with E-state index in [9.17, 15) is 13.2 Å². The highest BCUT2D eigenvalue weighted by molar-refractivity contribution is 7.98. The first-order valence-electron chi connectivity index (χ1n) is 9.09. The second kappa shape index (κ2) is 9.15. The molecule has 0 saturated carbocycles. The van der Waals surface area contributed by atoms with Crippen molar-refractivity contribution in [3.05, 3.63) is 83.9 Å². The molecule has 5 nitrogen and oxygen atoms in total. The Bertz CT molecular complexity index is 1090. The van der Waals surface area contributed by atoms with E-state index in [-0.39, 0.29) is 10.8 Å². The van der Waals surface area contributed by atoms with Crippen LogP contribution in [0, 0.1) is 0 Å². The van der Waals surface area contributed by atoms with Crippen LogP contribution in [0.15, 0.2) is 82.6 Å². The van der Waals surface area contributed by atoms with Crippen LogP contribution in [-0.2, 0) is 16.4 Å². The van der Waals surface area contributed by atoms with Crippen molar-refractivity contribution in [3.63, 3.8) is 0 Å². The number of nitrogens with one attached hydrogen (secondary N) is 2. The third-order valence-electron chi connectivity index (χ3n) is 4.42. The van der Waals surface area contributed by atoms with E-state index in [0.29, 0.717) is 11.3 Å². The summed E-state index contributed by atoms with van der Waals surface area (Å²) in [5.41, 5.74) is 2.67. The summed E-state index contributed by atoms with van der Waals surface area (Å²) in [4.78, 5) is 13.7. The molecule has 0 fully saturated rings. The molecule has 0 aliphatic heterocycles. The molecule has 29 heavy (non-hydrogen) atoms. The molecule has 0 bridgehead atoms. The average molecular weight is 427 g/mol. The third kappa shape index (κ3) is 5.19. The quantitative estimate of drug-likeness (QED) is 0.520. The van der Waals surface area contributed by atoms with E-state index in [1.54, 1.807) is 60.3 Å². The topological polar surface area (TPSA) is 75.3 Å². The highest BCUT2D eigenvalue weighted by atomic mass is 32.2. The van der Waals surface area contributed by atoms with E-state index in [2.05, 4.69) is 10.0 Å². The Morgan fingerprint density at radius 2 is 1.59 bits per heavy atom. The zero-order chi connectivity index (χ0) is 20.9. The van der Waals surface area contributed by atoms with Crippen molar-refractivity contribution >= 4 is 39.1 Å². The van der Waals surface area contributed by atoms with Gasteiger partial charge in [0.25, 0.3) is 15.9 Å². The number of benzene rings is 3. The standard InChI is InChI=1S/C22H22N2O3S2/c1-3-16-6-4-5-7-21(16)23-22(25)17-8-10-18(11-9-17)24-29(26,27)20-14-12-19(28-2)13-15-20/h4-15,24H,3H2,1-2H3,(H,23,25). The van der Waals surface area contributed by atoms with Crippen molar-refractivity contribution in [3.8, 4) is 0 Å². The number of thioether (sulfide) groups is 1. The highest BCUT2D eigenvalue weighted by Gasteiger charge is 2.15. The summed E-state index contributed by atoms with van der Waals surface area (Å²) >= 11 is 1.55. The highest BCUT2D eigenvalue weighted by Crippen LogP contribution is 2.21. The molecule has 150 valence electrons. The molecule has 0 aliphatic rings. The fourth-order valence-electron chi connectivity index (χ4n) is 2.80. The van der Waals surface area contributed by atoms with Crippen molar-refractivity contribution < 1.29 is 13.2 Å². The van der Waals surface area contributed by atoms with Gasteiger partial charge < -0.3 is 5.32 Å². The number of anilines is 2. The summed E-state index contributed by atoms with van der Waals surface area (Å²) < 4.78 is 27.6. The fourth-order valence-corrected chi connectivity index (χ4v) is 4.27. The second-order valence-electron chi connectivity index (χ2n) is 6.32. The number of carbonyl (C=O) groups is 1. The number of hydrogen-bond donors (Lipinski definition) is 2. The molecule has 7 heteroatoms. The van der Waals surface area contributed by atoms with Gasteiger partial charge in [-0.2, -0.15) is 0 Å². The van der Waals surface area contributed by atoms with Gasteiger partial charge in [-0.25, -0.2) is 8.42 Å². The summed E-state index contributed by atoms with van der Waals surface area (Å²) in [6.45, 7) is 2.03. The van der Waals surface area contributed by atoms with Crippen molar-refractivity contribution in [2.45, 2.75) is 23.1 Å². The van der Waals surface area contributed by atoms with Crippen molar-refractivity contribution in [2.75, 3.05) is 16.3 Å². The maximum Gasteiger partial charge on any atom is 0.261 e. The summed E-state index contributed by atoms with van der Waals surface area (Å²) in [5, 5.41) is 2.90. The summed E-state index contributed by atoms with van der Waals surface area (Å²) in [7, 11) is -3.69. The van der Waals surface area contributed by atoms with E-state index in [0.717, 1.165) is 22.6 Å². The third-order valence-corrected chi connectivity index (χ3v) is 6.56. The summed E-state index contributed by atoms with van der Waals surface area (Å²) in [5.74, 6) is -0.243. The molecule has 0 heterocycles. The van der Waals surface area contributed by atoms with Crippen LogP contribution in [0.4, 0.5) is 11.4 Å². The number of sulfonamides is 1. The maximum atomic E-state index is 12.5. The number of para-hydroxylation sites is 1. The van der Waals surface area contributed by atoms with Crippen LogP contribution in [0.25, 0.3) is 0 Å². The Hall–Kier alpha value is -2.77. The first-order chi connectivity index (χ1) is 13.9. The molecule has 0 spiro atoms. The number of aryl methyl sites for hydroxylation is 1. The van der Waals surface area contributed by atoms with Crippen LogP contribution in [-0.4, -0.2) is 20.6 Å². The van der Waals surface area contributed by atoms with E-state index in [1.165, 1.54) is 0 Å². The zero-order valence-electron chi connectivity index (χ0n) is 16.2. The number of rotatable bonds is 7. The predicted molar refractivity (Wildman–Crippen MR) is 119 cm³/mol. The maximum absolute atomic E-state index is 12.5. The minimum absolute atomic E-state index is 0.188. The van der Waals surface area contributed by atoms with Crippen LogP contribution in [0.1, 0.15) is 22.8 Å². The van der Waals surface area contributed by atoms with Gasteiger partial charge in [0.1, 0.15) is 0 Å². The molecule has 3 aromatic carbocycles. The molecule has 0 saturated heterocycles. The normalized spacial score (nSPS) is 11.1. The van der Waals surface area contributed by atoms with Gasteiger partial charge in [-0.05, 0) is 72.8 Å². The average Bonchev–Trinajstić information content (AvgIpc) is 2.74. The molecule has 0 unspecified atom stereocenters. The van der Waals surface area contributed by atoms with Crippen molar-refractivity contribution in [1.29, 1.82) is 0 Å². The predicted octanol–water partition coefficient (Wildman–Crippen LogP) is 5.02. The first-order valence-corrected chi connectivity index (χ1v) is 11.8. The fraction of sp³-hybridized carbons (Fsp3) is 0.136. The van der Waals surface area contributed by atoms with Gasteiger partial charge in [0.15, 0.2) is 0 Å². The molecule has 1 amide bonds. The Morgan fingerprint density at radius 3 is 2.21 bits per heavy atom. The largest absolute Gasteiger partial charge is 0.322 e. The molecule has 0 aromatic heterocycles. The molecule has 3 rings (SSSR count). The lowest BCUT2D eigenvalue weighted by Gasteiger charge is -2.11. The Labute approximate surface area is 175 Å². The lowest BCUT2D eigenvalue weighted by atomic mass is 10.1. The molecule has 0 atom stereocenters. The molecular weight excluding hydrogens is 404 g/mol. The minimum Gasteiger partial charge on any atom is -0.322 e. The van der Waals surface area contributed by atoms with Crippen molar-refractivity contribution in [2.24, 2.45) is 0 Å². The molecule has 0 radical (unpaired) electrons. The van der Waals surface area contributed by atoms with Gasteiger partial charge >= 0.3 is 0 Å². The number of amides is 1. The van der Waals surface area contributed by atoms with E-state index in [4.69, 9.17) is 0 Å². The van der Waals surface area contributed by atoms with Crippen LogP contribution < -0.4 is 10.0 Å². The SMILES string of the molecule is CCc1ccccc1NC(=O)c1ccc(NS(=O)(=O)c2ccc(SC)cc2)cc1. The van der Waals surface area contributed by atoms with E-state index >= 15 is 0 Å². The van der Waals surface area contributed by atoms with Gasteiger partial charge in [-0.1, -0.05) is 25.1 Å². The van der Waals surface area contributed by atoms with E-state index in [1.807, 2.05) is 37.4 Å². The van der Waals surface area contributed by atoms with Crippen LogP contribution in [0.2, 0.25) is 0 Å². The molecule has 2 N–H and O–H groups in total. The van der Waals surface area contributed by atoms with Gasteiger partial charge in [-0.3, -0.25) is 9.52 Å². The molecule has 0 aliphatic carbocycles. The second-order valence-corrected chi connectivity index (χ2v) is 8.89. The smallest absolute Gasteiger partial charge is 0.261 e. The van der Waals surface area contributed by atoms with Crippen LogP contribution >= 0.6 is 11.8 Å². The Balaban J connectivity index is 1.71. The van der Waals surface area contributed by atoms with Crippen molar-refractivity contribution in [1.82, 2.24) is 0 Å². The molecule has 3 aromatic rings. The Morgan fingerprint density at radius 1 is 0.931 bits per heavy atom. The van der Waals surface area contributed by atoms with Crippen LogP contribution in [0.5, 0.6) is 0 Å². The lowest BCUT2D eigenvalue weighted by Crippen LogP contribution is -2.14. The summed E-state index contributed by atoms with van der Waals surface area (Å²) in [6.07, 6.45) is 2.75. The minimum atomic E-state index is -3.69. The Kier molecular flexibility index (Phi) is 6.61. The monoisotopic (exact) mass is 426 g/mol. The van der Waals surface area contributed by atoms with E-state index < -0.39 is 10.0 Å². The first kappa shape index (κ1) is 21.0. The van der Waals surface area contributed by atoms with Gasteiger partial charge in [0, 0.05) is 21.8 Å². The molecular formula is C22H22N2O3S2. The van der Waals surface area contributed by atoms with Gasteiger partial charge in [-0.15, -0.1) is 11.8 Å². The number of carbonyl (C=O) groups excluding carboxylic acids is 1. The van der Waals surface area contributed by atoms with Gasteiger partial charge in [0.2, 0.25) is 0 Å². The van der Waals surface area contributed by atoms with Gasteiger partial charge in [0.05, 0.1) is 4.90 Å². The lowest BCUT2D eigenvalue weighted by molar-refractivity contribution is 0.102. The van der Waals surface area contributed by atoms with Crippen LogP contribution in [0.3, 0.4) is 0 Å². The number of hydrogen-bond acceptors (Lipinski definition) is 4. The zero-order valence-corrected chi connectivity index (χ0v) is 17.8.